The van der Waals surface area contributed by atoms with Crippen LogP contribution in [0.25, 0.3) is 0 Å². The molecule has 18 heavy (non-hydrogen) atoms. The normalized spacial score (nSPS) is 28.9. The SMILES string of the molecule is C=C/C=C(\C=C/CC)C1C=C(F)C(C#N)C(F)C1. The summed E-state index contributed by atoms with van der Waals surface area (Å²) in [4.78, 5) is 0. The highest BCUT2D eigenvalue weighted by molar-refractivity contribution is 5.32. The fourth-order valence-electron chi connectivity index (χ4n) is 1.98. The molecule has 0 aliphatic heterocycles. The molecule has 0 amide bonds. The molecule has 0 aromatic carbocycles. The van der Waals surface area contributed by atoms with E-state index in [2.05, 4.69) is 6.58 Å². The Bertz CT molecular complexity index is 426. The molecule has 0 aromatic heterocycles. The Morgan fingerprint density at radius 2 is 2.39 bits per heavy atom. The molecule has 1 aliphatic carbocycles. The van der Waals surface area contributed by atoms with Gasteiger partial charge in [-0.2, -0.15) is 5.26 Å². The fraction of sp³-hybridized carbons (Fsp3) is 0.400. The lowest BCUT2D eigenvalue weighted by Crippen LogP contribution is -2.24. The van der Waals surface area contributed by atoms with E-state index in [0.717, 1.165) is 12.0 Å². The average Bonchev–Trinajstić information content (AvgIpc) is 2.34. The van der Waals surface area contributed by atoms with Crippen LogP contribution in [0.1, 0.15) is 19.8 Å². The van der Waals surface area contributed by atoms with Crippen molar-refractivity contribution in [3.63, 3.8) is 0 Å². The number of nitriles is 1. The van der Waals surface area contributed by atoms with Gasteiger partial charge in [0.1, 0.15) is 17.9 Å². The summed E-state index contributed by atoms with van der Waals surface area (Å²) in [6, 6.07) is 1.66. The minimum Gasteiger partial charge on any atom is -0.246 e. The molecule has 0 saturated heterocycles. The van der Waals surface area contributed by atoms with Gasteiger partial charge in [-0.25, -0.2) is 8.78 Å². The van der Waals surface area contributed by atoms with Gasteiger partial charge in [0.2, 0.25) is 0 Å². The highest BCUT2D eigenvalue weighted by atomic mass is 19.1. The van der Waals surface area contributed by atoms with Gasteiger partial charge in [-0.15, -0.1) is 0 Å². The summed E-state index contributed by atoms with van der Waals surface area (Å²) in [6.07, 6.45) is 8.03. The Labute approximate surface area is 107 Å². The summed E-state index contributed by atoms with van der Waals surface area (Å²) in [5.41, 5.74) is 0.820. The topological polar surface area (TPSA) is 23.8 Å². The number of rotatable bonds is 4. The summed E-state index contributed by atoms with van der Waals surface area (Å²) >= 11 is 0. The lowest BCUT2D eigenvalue weighted by molar-refractivity contribution is 0.222. The summed E-state index contributed by atoms with van der Waals surface area (Å²) in [7, 11) is 0. The molecule has 3 heteroatoms. The molecule has 0 bridgehead atoms. The monoisotopic (exact) mass is 249 g/mol. The van der Waals surface area contributed by atoms with Crippen LogP contribution in [-0.4, -0.2) is 6.17 Å². The number of nitrogens with zero attached hydrogens (tertiary/aromatic N) is 1. The van der Waals surface area contributed by atoms with E-state index in [9.17, 15) is 8.78 Å². The van der Waals surface area contributed by atoms with Gasteiger partial charge < -0.3 is 0 Å². The Morgan fingerprint density at radius 1 is 1.67 bits per heavy atom. The molecule has 0 spiro atoms. The zero-order valence-corrected chi connectivity index (χ0v) is 10.4. The number of alkyl halides is 1. The summed E-state index contributed by atoms with van der Waals surface area (Å²) < 4.78 is 27.3. The summed E-state index contributed by atoms with van der Waals surface area (Å²) in [5, 5.41) is 8.69. The number of hydrogen-bond donors (Lipinski definition) is 0. The first-order valence-corrected chi connectivity index (χ1v) is 6.04. The molecule has 3 atom stereocenters. The third-order valence-electron chi connectivity index (χ3n) is 2.92. The third kappa shape index (κ3) is 3.40. The van der Waals surface area contributed by atoms with Crippen LogP contribution in [0, 0.1) is 23.2 Å². The van der Waals surface area contributed by atoms with Crippen molar-refractivity contribution in [1.82, 2.24) is 0 Å². The zero-order valence-electron chi connectivity index (χ0n) is 10.4. The van der Waals surface area contributed by atoms with Crippen molar-refractivity contribution >= 4 is 0 Å². The quantitative estimate of drug-likeness (QED) is 0.677. The van der Waals surface area contributed by atoms with E-state index in [1.807, 2.05) is 19.1 Å². The van der Waals surface area contributed by atoms with Gasteiger partial charge in [0, 0.05) is 5.92 Å². The molecule has 1 nitrogen and oxygen atoms in total. The minimum atomic E-state index is -1.45. The van der Waals surface area contributed by atoms with Crippen LogP contribution in [0.5, 0.6) is 0 Å². The maximum absolute atomic E-state index is 13.7. The molecular formula is C15H17F2N. The van der Waals surface area contributed by atoms with Crippen molar-refractivity contribution in [1.29, 1.82) is 5.26 Å². The van der Waals surface area contributed by atoms with Gasteiger partial charge in [0.15, 0.2) is 0 Å². The first-order valence-electron chi connectivity index (χ1n) is 6.04. The Hall–Kier alpha value is -1.69. The Balaban J connectivity index is 2.99. The predicted octanol–water partition coefficient (Wildman–Crippen LogP) is 4.42. The summed E-state index contributed by atoms with van der Waals surface area (Å²) in [5.74, 6) is -2.24. The highest BCUT2D eigenvalue weighted by Crippen LogP contribution is 2.35. The van der Waals surface area contributed by atoms with E-state index in [-0.39, 0.29) is 12.3 Å². The van der Waals surface area contributed by atoms with E-state index in [4.69, 9.17) is 5.26 Å². The molecule has 0 radical (unpaired) electrons. The molecule has 3 unspecified atom stereocenters. The lowest BCUT2D eigenvalue weighted by Gasteiger charge is -2.25. The molecule has 96 valence electrons. The summed E-state index contributed by atoms with van der Waals surface area (Å²) in [6.45, 7) is 5.59. The molecule has 0 N–H and O–H groups in total. The van der Waals surface area contributed by atoms with Gasteiger partial charge in [-0.1, -0.05) is 37.8 Å². The number of hydrogen-bond acceptors (Lipinski definition) is 1. The van der Waals surface area contributed by atoms with Crippen molar-refractivity contribution in [3.05, 3.63) is 48.4 Å². The van der Waals surface area contributed by atoms with Crippen molar-refractivity contribution in [2.75, 3.05) is 0 Å². The van der Waals surface area contributed by atoms with Crippen LogP contribution in [0.2, 0.25) is 0 Å². The second-order valence-corrected chi connectivity index (χ2v) is 4.23. The van der Waals surface area contributed by atoms with Gasteiger partial charge in [0.05, 0.1) is 6.07 Å². The van der Waals surface area contributed by atoms with Crippen molar-refractivity contribution in [2.45, 2.75) is 25.9 Å². The zero-order chi connectivity index (χ0) is 13.5. The lowest BCUT2D eigenvalue weighted by atomic mass is 9.82. The van der Waals surface area contributed by atoms with E-state index in [1.54, 1.807) is 18.2 Å². The molecule has 1 rings (SSSR count). The number of halogens is 2. The van der Waals surface area contributed by atoms with Crippen LogP contribution in [0.3, 0.4) is 0 Å². The molecule has 0 saturated carbocycles. The van der Waals surface area contributed by atoms with E-state index in [1.165, 1.54) is 6.08 Å². The molecule has 0 aromatic rings. The van der Waals surface area contributed by atoms with Gasteiger partial charge >= 0.3 is 0 Å². The second kappa shape index (κ2) is 6.90. The highest BCUT2D eigenvalue weighted by Gasteiger charge is 2.33. The largest absolute Gasteiger partial charge is 0.246 e. The van der Waals surface area contributed by atoms with Crippen LogP contribution in [0.15, 0.2) is 48.4 Å². The predicted molar refractivity (Wildman–Crippen MR) is 69.0 cm³/mol. The maximum Gasteiger partial charge on any atom is 0.129 e. The minimum absolute atomic E-state index is 0.138. The first kappa shape index (κ1) is 14.4. The van der Waals surface area contributed by atoms with Crippen LogP contribution in [-0.2, 0) is 0 Å². The maximum atomic E-state index is 13.7. The van der Waals surface area contributed by atoms with Crippen molar-refractivity contribution in [2.24, 2.45) is 11.8 Å². The van der Waals surface area contributed by atoms with E-state index in [0.29, 0.717) is 0 Å². The van der Waals surface area contributed by atoms with Gasteiger partial charge in [-0.05, 0) is 24.5 Å². The van der Waals surface area contributed by atoms with Crippen molar-refractivity contribution < 1.29 is 8.78 Å². The molecule has 1 aliphatic rings. The van der Waals surface area contributed by atoms with Gasteiger partial charge in [-0.3, -0.25) is 0 Å². The van der Waals surface area contributed by atoms with Crippen molar-refractivity contribution in [3.8, 4) is 6.07 Å². The van der Waals surface area contributed by atoms with Gasteiger partial charge in [0.25, 0.3) is 0 Å². The number of allylic oxidation sites excluding steroid dienone is 7. The average molecular weight is 249 g/mol. The van der Waals surface area contributed by atoms with Crippen LogP contribution >= 0.6 is 0 Å². The van der Waals surface area contributed by atoms with E-state index >= 15 is 0 Å². The van der Waals surface area contributed by atoms with Crippen LogP contribution < -0.4 is 0 Å². The van der Waals surface area contributed by atoms with E-state index < -0.39 is 17.9 Å². The smallest absolute Gasteiger partial charge is 0.129 e. The Kier molecular flexibility index (Phi) is 5.51. The molecular weight excluding hydrogens is 232 g/mol. The standard InChI is InChI=1S/C15H17F2N/c1-3-5-7-11(6-4-2)12-8-14(16)13(10-18)15(17)9-12/h4-8,12-13,15H,2-3,9H2,1H3/b7-5-,11-6+. The second-order valence-electron chi connectivity index (χ2n) is 4.23. The fourth-order valence-corrected chi connectivity index (χ4v) is 1.98. The third-order valence-corrected chi connectivity index (χ3v) is 2.92. The first-order chi connectivity index (χ1) is 8.63. The molecule has 0 fully saturated rings. The van der Waals surface area contributed by atoms with Crippen LogP contribution in [0.4, 0.5) is 8.78 Å². The molecule has 0 heterocycles. The Morgan fingerprint density at radius 3 is 2.89 bits per heavy atom.